The number of tetrazole rings is 1. The highest BCUT2D eigenvalue weighted by Crippen LogP contribution is 2.26. The minimum Gasteiger partial charge on any atom is -0.475 e. The van der Waals surface area contributed by atoms with Crippen LogP contribution in [-0.4, -0.2) is 89.2 Å². The summed E-state index contributed by atoms with van der Waals surface area (Å²) in [5, 5.41) is 25.5. The molecule has 3 N–H and O–H groups in total. The smallest absolute Gasteiger partial charge is 0.475 e. The molecule has 37 heavy (non-hydrogen) atoms. The molecular formula is C20H23F6N7O4. The number of nitrogens with zero attached hydrogens (tertiary/aromatic N) is 6. The minimum absolute atomic E-state index is 0.504. The number of carbonyl (C=O) groups is 2. The number of piperidine rings is 1. The first-order chi connectivity index (χ1) is 17.3. The van der Waals surface area contributed by atoms with Crippen LogP contribution in [0.4, 0.5) is 26.3 Å². The fourth-order valence-corrected chi connectivity index (χ4v) is 3.39. The van der Waals surface area contributed by atoms with E-state index in [4.69, 9.17) is 24.8 Å². The van der Waals surface area contributed by atoms with E-state index in [2.05, 4.69) is 43.6 Å². The van der Waals surface area contributed by atoms with Crippen molar-refractivity contribution in [2.75, 3.05) is 19.6 Å². The van der Waals surface area contributed by atoms with Crippen molar-refractivity contribution < 1.29 is 46.1 Å². The lowest BCUT2D eigenvalue weighted by Crippen LogP contribution is -2.35. The molecule has 0 spiro atoms. The van der Waals surface area contributed by atoms with Crippen LogP contribution < -0.4 is 0 Å². The summed E-state index contributed by atoms with van der Waals surface area (Å²) in [5.74, 6) is -3.87. The van der Waals surface area contributed by atoms with Crippen molar-refractivity contribution in [3.63, 3.8) is 0 Å². The van der Waals surface area contributed by atoms with E-state index in [0.29, 0.717) is 5.92 Å². The Bertz CT molecular complexity index is 1080. The number of aliphatic carboxylic acids is 2. The van der Waals surface area contributed by atoms with Crippen LogP contribution in [0, 0.1) is 0 Å². The van der Waals surface area contributed by atoms with Crippen LogP contribution in [-0.2, 0) is 16.1 Å². The van der Waals surface area contributed by atoms with Gasteiger partial charge in [0.15, 0.2) is 0 Å². The number of aromatic nitrogens is 6. The maximum absolute atomic E-state index is 10.6. The van der Waals surface area contributed by atoms with Gasteiger partial charge in [-0.25, -0.2) is 19.3 Å². The van der Waals surface area contributed by atoms with Gasteiger partial charge in [-0.05, 0) is 54.9 Å². The normalized spacial score (nSPS) is 16.3. The lowest BCUT2D eigenvalue weighted by atomic mass is 9.97. The molecule has 1 aliphatic rings. The van der Waals surface area contributed by atoms with Crippen LogP contribution in [0.2, 0.25) is 0 Å². The van der Waals surface area contributed by atoms with Gasteiger partial charge in [0, 0.05) is 19.0 Å². The monoisotopic (exact) mass is 539 g/mol. The summed E-state index contributed by atoms with van der Waals surface area (Å²) in [4.78, 5) is 28.6. The number of benzene rings is 1. The minimum atomic E-state index is -5.08. The van der Waals surface area contributed by atoms with E-state index in [0.717, 1.165) is 42.9 Å². The largest absolute Gasteiger partial charge is 0.490 e. The van der Waals surface area contributed by atoms with Gasteiger partial charge in [-0.3, -0.25) is 0 Å². The number of hydrogen-bond donors (Lipinski definition) is 3. The van der Waals surface area contributed by atoms with Gasteiger partial charge in [0.2, 0.25) is 0 Å². The Balaban J connectivity index is 0.000000286. The molecule has 1 atom stereocenters. The number of para-hydroxylation sites is 2. The van der Waals surface area contributed by atoms with Crippen LogP contribution in [0.1, 0.15) is 31.0 Å². The predicted octanol–water partition coefficient (Wildman–Crippen LogP) is 3.09. The molecule has 17 heteroatoms. The number of rotatable bonds is 5. The number of fused-ring (bicyclic) bond motifs is 1. The van der Waals surface area contributed by atoms with E-state index in [1.54, 1.807) is 11.0 Å². The Labute approximate surface area is 205 Å². The summed E-state index contributed by atoms with van der Waals surface area (Å²) < 4.78 is 65.3. The molecule has 1 aromatic carbocycles. The maximum Gasteiger partial charge on any atom is 0.490 e. The lowest BCUT2D eigenvalue weighted by molar-refractivity contribution is -0.193. The topological polar surface area (TPSA) is 150 Å². The standard InChI is InChI=1S/C16H21N7.2C2HF3O2/c1-2-7-15-14(6-1)18-16(19-15)13-5-3-8-22(11-13)9-4-10-23-12-17-20-21-23;2*3-2(4,5)1(6)7/h1-2,6-7,12-13H,3-5,8-11H2,(H,18,19);2*(H,6,7). The summed E-state index contributed by atoms with van der Waals surface area (Å²) in [5.41, 5.74) is 2.21. The summed E-state index contributed by atoms with van der Waals surface area (Å²) in [7, 11) is 0. The van der Waals surface area contributed by atoms with Crippen LogP contribution >= 0.6 is 0 Å². The molecule has 0 radical (unpaired) electrons. The van der Waals surface area contributed by atoms with Crippen molar-refractivity contribution >= 4 is 23.0 Å². The fourth-order valence-electron chi connectivity index (χ4n) is 3.39. The zero-order valence-corrected chi connectivity index (χ0v) is 19.1. The maximum atomic E-state index is 10.6. The molecule has 204 valence electrons. The van der Waals surface area contributed by atoms with Crippen molar-refractivity contribution in [1.29, 1.82) is 0 Å². The number of likely N-dealkylation sites (tertiary alicyclic amines) is 1. The van der Waals surface area contributed by atoms with E-state index < -0.39 is 24.3 Å². The van der Waals surface area contributed by atoms with Gasteiger partial charge in [0.1, 0.15) is 12.2 Å². The lowest BCUT2D eigenvalue weighted by Gasteiger charge is -2.31. The van der Waals surface area contributed by atoms with Crippen LogP contribution in [0.5, 0.6) is 0 Å². The number of nitrogens with one attached hydrogen (secondary N) is 1. The van der Waals surface area contributed by atoms with Gasteiger partial charge in [-0.1, -0.05) is 12.1 Å². The molecule has 0 bridgehead atoms. The summed E-state index contributed by atoms with van der Waals surface area (Å²) >= 11 is 0. The van der Waals surface area contributed by atoms with E-state index in [-0.39, 0.29) is 0 Å². The number of imidazole rings is 1. The third-order valence-corrected chi connectivity index (χ3v) is 5.04. The SMILES string of the molecule is O=C(O)C(F)(F)F.O=C(O)C(F)(F)F.c1ccc2[nH]c(C3CCCN(CCCn4cnnn4)C3)nc2c1. The zero-order valence-electron chi connectivity index (χ0n) is 19.1. The van der Waals surface area contributed by atoms with E-state index in [1.807, 2.05) is 6.07 Å². The van der Waals surface area contributed by atoms with Gasteiger partial charge in [-0.15, -0.1) is 5.10 Å². The van der Waals surface area contributed by atoms with Gasteiger partial charge < -0.3 is 20.1 Å². The van der Waals surface area contributed by atoms with E-state index >= 15 is 0 Å². The third-order valence-electron chi connectivity index (χ3n) is 5.04. The average molecular weight is 539 g/mol. The molecule has 1 aliphatic heterocycles. The highest BCUT2D eigenvalue weighted by molar-refractivity contribution is 5.75. The Morgan fingerprint density at radius 1 is 1.03 bits per heavy atom. The number of aryl methyl sites for hydroxylation is 1. The van der Waals surface area contributed by atoms with Crippen molar-refractivity contribution in [1.82, 2.24) is 35.1 Å². The highest BCUT2D eigenvalue weighted by Gasteiger charge is 2.38. The molecular weight excluding hydrogens is 516 g/mol. The Kier molecular flexibility index (Phi) is 10.3. The number of carboxylic acids is 2. The van der Waals surface area contributed by atoms with Crippen molar-refractivity contribution in [3.05, 3.63) is 36.4 Å². The molecule has 0 saturated carbocycles. The van der Waals surface area contributed by atoms with Crippen LogP contribution in [0.25, 0.3) is 11.0 Å². The van der Waals surface area contributed by atoms with Gasteiger partial charge in [-0.2, -0.15) is 26.3 Å². The van der Waals surface area contributed by atoms with Crippen molar-refractivity contribution in [3.8, 4) is 0 Å². The number of halogens is 6. The van der Waals surface area contributed by atoms with Crippen molar-refractivity contribution in [2.45, 2.75) is 44.1 Å². The Hall–Kier alpha value is -3.76. The Morgan fingerprint density at radius 3 is 2.19 bits per heavy atom. The number of alkyl halides is 6. The second-order valence-electron chi connectivity index (χ2n) is 7.81. The Morgan fingerprint density at radius 2 is 1.65 bits per heavy atom. The quantitative estimate of drug-likeness (QED) is 0.416. The highest BCUT2D eigenvalue weighted by atomic mass is 19.4. The first kappa shape index (κ1) is 29.5. The van der Waals surface area contributed by atoms with Crippen LogP contribution in [0.3, 0.4) is 0 Å². The molecule has 3 heterocycles. The second kappa shape index (κ2) is 13.0. The van der Waals surface area contributed by atoms with Gasteiger partial charge in [0.25, 0.3) is 0 Å². The van der Waals surface area contributed by atoms with Gasteiger partial charge in [0.05, 0.1) is 11.0 Å². The fraction of sp³-hybridized carbons (Fsp3) is 0.500. The van der Waals surface area contributed by atoms with Gasteiger partial charge >= 0.3 is 24.3 Å². The molecule has 1 saturated heterocycles. The molecule has 4 rings (SSSR count). The first-order valence-corrected chi connectivity index (χ1v) is 10.8. The molecule has 11 nitrogen and oxygen atoms in total. The predicted molar refractivity (Wildman–Crippen MR) is 114 cm³/mol. The molecule has 1 unspecified atom stereocenters. The van der Waals surface area contributed by atoms with Crippen molar-refractivity contribution in [2.24, 2.45) is 0 Å². The molecule has 2 aromatic heterocycles. The second-order valence-corrected chi connectivity index (χ2v) is 7.81. The number of carboxylic acid groups (broad SMARTS) is 2. The summed E-state index contributed by atoms with van der Waals surface area (Å²) in [6, 6.07) is 8.26. The molecule has 0 aliphatic carbocycles. The summed E-state index contributed by atoms with van der Waals surface area (Å²) in [6.07, 6.45) is -4.98. The number of H-pyrrole nitrogens is 1. The van der Waals surface area contributed by atoms with E-state index in [1.165, 1.54) is 19.4 Å². The summed E-state index contributed by atoms with van der Waals surface area (Å²) in [6.45, 7) is 4.21. The molecule has 3 aromatic rings. The average Bonchev–Trinajstić information content (AvgIpc) is 3.49. The molecule has 1 fully saturated rings. The number of aromatic amines is 1. The zero-order chi connectivity index (χ0) is 27.6. The van der Waals surface area contributed by atoms with Crippen LogP contribution in [0.15, 0.2) is 30.6 Å². The number of hydrogen-bond acceptors (Lipinski definition) is 7. The first-order valence-electron chi connectivity index (χ1n) is 10.8. The molecule has 0 amide bonds. The van der Waals surface area contributed by atoms with E-state index in [9.17, 15) is 26.3 Å². The third kappa shape index (κ3) is 10.0.